The Morgan fingerprint density at radius 2 is 1.66 bits per heavy atom. The Hall–Kier alpha value is -2.64. The fraction of sp³-hybridized carbons (Fsp3) is 0.320. The van der Waals surface area contributed by atoms with Crippen LogP contribution in [0.1, 0.15) is 20.3 Å². The quantitative estimate of drug-likeness (QED) is 0.470. The van der Waals surface area contributed by atoms with Gasteiger partial charge in [-0.3, -0.25) is 10.1 Å². The number of likely N-dealkylation sites (tertiary alicyclic amines) is 1. The fourth-order valence-electron chi connectivity index (χ4n) is 4.14. The van der Waals surface area contributed by atoms with E-state index in [9.17, 15) is 4.79 Å². The van der Waals surface area contributed by atoms with Crippen LogP contribution in [-0.2, 0) is 4.79 Å². The number of rotatable bonds is 5. The lowest BCUT2D eigenvalue weighted by molar-refractivity contribution is -0.113. The average molecular weight is 466 g/mol. The third-order valence-corrected chi connectivity index (χ3v) is 6.93. The van der Waals surface area contributed by atoms with Gasteiger partial charge in [-0.2, -0.15) is 4.98 Å². The van der Waals surface area contributed by atoms with Gasteiger partial charge in [0.15, 0.2) is 5.76 Å². The number of aromatic nitrogens is 1. The Morgan fingerprint density at radius 1 is 1.06 bits per heavy atom. The molecule has 5 nitrogen and oxygen atoms in total. The van der Waals surface area contributed by atoms with E-state index in [1.807, 2.05) is 60.7 Å². The summed E-state index contributed by atoms with van der Waals surface area (Å²) in [7, 11) is 0. The molecule has 32 heavy (non-hydrogen) atoms. The van der Waals surface area contributed by atoms with Gasteiger partial charge in [-0.25, -0.2) is 0 Å². The molecule has 166 valence electrons. The number of anilines is 1. The first-order chi connectivity index (χ1) is 15.5. The van der Waals surface area contributed by atoms with Crippen molar-refractivity contribution >= 4 is 40.2 Å². The summed E-state index contributed by atoms with van der Waals surface area (Å²) in [6, 6.07) is 19.8. The topological polar surface area (TPSA) is 58.4 Å². The minimum absolute atomic E-state index is 0.184. The Kier molecular flexibility index (Phi) is 7.27. The molecule has 2 heterocycles. The van der Waals surface area contributed by atoms with Crippen molar-refractivity contribution in [3.05, 3.63) is 60.7 Å². The third-order valence-electron chi connectivity index (χ3n) is 5.41. The summed E-state index contributed by atoms with van der Waals surface area (Å²) in [5.74, 6) is 1.90. The number of hydrogen-bond donors (Lipinski definition) is 1. The largest absolute Gasteiger partial charge is 0.423 e. The van der Waals surface area contributed by atoms with Crippen molar-refractivity contribution in [2.24, 2.45) is 11.8 Å². The molecule has 0 saturated carbocycles. The maximum atomic E-state index is 12.6. The van der Waals surface area contributed by atoms with E-state index < -0.39 is 0 Å². The summed E-state index contributed by atoms with van der Waals surface area (Å²) < 4.78 is 6.76. The van der Waals surface area contributed by atoms with Gasteiger partial charge in [0, 0.05) is 24.2 Å². The molecule has 1 N–H and O–H groups in total. The van der Waals surface area contributed by atoms with Gasteiger partial charge in [-0.05, 0) is 18.3 Å². The Morgan fingerprint density at radius 3 is 2.28 bits per heavy atom. The van der Waals surface area contributed by atoms with Crippen LogP contribution in [-0.4, -0.2) is 39.0 Å². The molecule has 1 saturated heterocycles. The average Bonchev–Trinajstić information content (AvgIpc) is 3.21. The van der Waals surface area contributed by atoms with Crippen LogP contribution < -0.4 is 5.32 Å². The highest BCUT2D eigenvalue weighted by atomic mass is 32.2. The first-order valence-electron chi connectivity index (χ1n) is 10.8. The Labute approximate surface area is 198 Å². The molecule has 1 aromatic heterocycles. The van der Waals surface area contributed by atoms with E-state index >= 15 is 0 Å². The van der Waals surface area contributed by atoms with Crippen molar-refractivity contribution in [1.82, 2.24) is 9.88 Å². The number of piperidine rings is 1. The highest BCUT2D eigenvalue weighted by Gasteiger charge is 2.24. The van der Waals surface area contributed by atoms with Crippen molar-refractivity contribution in [3.63, 3.8) is 0 Å². The maximum Gasteiger partial charge on any atom is 0.302 e. The number of hydrogen-bond acceptors (Lipinski definition) is 5. The lowest BCUT2D eigenvalue weighted by Crippen LogP contribution is -2.41. The molecule has 0 bridgehead atoms. The standard InChI is InChI=1S/C25H27N3O2S2/c1-17-13-18(2)15-28(14-17)25(31)32-16-21(29)26-24-27-22(19-9-5-3-6-10-19)23(30-24)20-11-7-4-8-12-20/h3-12,17-18H,13-16H2,1-2H3,(H,26,27,29)/t17-,18-/m0/s1. The molecule has 1 aliphatic rings. The molecule has 0 spiro atoms. The number of thioether (sulfide) groups is 1. The van der Waals surface area contributed by atoms with Crippen molar-refractivity contribution < 1.29 is 9.21 Å². The highest BCUT2D eigenvalue weighted by Crippen LogP contribution is 2.34. The number of amides is 1. The summed E-state index contributed by atoms with van der Waals surface area (Å²) in [6.45, 7) is 6.41. The van der Waals surface area contributed by atoms with E-state index in [0.29, 0.717) is 23.3 Å². The van der Waals surface area contributed by atoms with Gasteiger partial charge in [-0.15, -0.1) is 0 Å². The summed E-state index contributed by atoms with van der Waals surface area (Å²) in [5, 5.41) is 2.80. The predicted molar refractivity (Wildman–Crippen MR) is 136 cm³/mol. The van der Waals surface area contributed by atoms with Crippen LogP contribution >= 0.6 is 24.0 Å². The molecule has 0 radical (unpaired) electrons. The molecule has 4 rings (SSSR count). The van der Waals surface area contributed by atoms with E-state index in [-0.39, 0.29) is 17.7 Å². The van der Waals surface area contributed by atoms with Crippen molar-refractivity contribution in [2.75, 3.05) is 24.2 Å². The van der Waals surface area contributed by atoms with Crippen LogP contribution in [0.5, 0.6) is 0 Å². The van der Waals surface area contributed by atoms with Gasteiger partial charge in [0.1, 0.15) is 10.0 Å². The first kappa shape index (κ1) is 22.6. The van der Waals surface area contributed by atoms with Gasteiger partial charge >= 0.3 is 6.01 Å². The van der Waals surface area contributed by atoms with Crippen molar-refractivity contribution in [3.8, 4) is 22.6 Å². The smallest absolute Gasteiger partial charge is 0.302 e. The van der Waals surface area contributed by atoms with Crippen LogP contribution in [0.4, 0.5) is 6.01 Å². The predicted octanol–water partition coefficient (Wildman–Crippen LogP) is 5.94. The van der Waals surface area contributed by atoms with E-state index in [1.54, 1.807) is 0 Å². The molecule has 7 heteroatoms. The van der Waals surface area contributed by atoms with E-state index in [1.165, 1.54) is 18.2 Å². The summed E-state index contributed by atoms with van der Waals surface area (Å²) in [4.78, 5) is 19.4. The number of carbonyl (C=O) groups excluding carboxylic acids is 1. The molecule has 3 aromatic rings. The fourth-order valence-corrected chi connectivity index (χ4v) is 5.12. The second-order valence-corrected chi connectivity index (χ2v) is 9.99. The van der Waals surface area contributed by atoms with Crippen molar-refractivity contribution in [1.29, 1.82) is 0 Å². The van der Waals surface area contributed by atoms with Crippen molar-refractivity contribution in [2.45, 2.75) is 20.3 Å². The molecule has 0 aliphatic carbocycles. The van der Waals surface area contributed by atoms with Gasteiger partial charge in [0.25, 0.3) is 0 Å². The number of benzene rings is 2. The van der Waals surface area contributed by atoms with E-state index in [4.69, 9.17) is 16.6 Å². The normalized spacial score (nSPS) is 18.4. The van der Waals surface area contributed by atoms with E-state index in [2.05, 4.69) is 29.0 Å². The maximum absolute atomic E-state index is 12.6. The number of oxazole rings is 1. The summed E-state index contributed by atoms with van der Waals surface area (Å²) in [5.41, 5.74) is 2.54. The first-order valence-corrected chi connectivity index (χ1v) is 12.2. The SMILES string of the molecule is C[C@H]1C[C@H](C)CN(C(=S)SCC(=O)Nc2nc(-c3ccccc3)c(-c3ccccc3)o2)C1. The van der Waals surface area contributed by atoms with Gasteiger partial charge in [0.2, 0.25) is 5.91 Å². The summed E-state index contributed by atoms with van der Waals surface area (Å²) >= 11 is 6.98. The zero-order valence-corrected chi connectivity index (χ0v) is 19.9. The number of carbonyl (C=O) groups is 1. The van der Waals surface area contributed by atoms with Crippen LogP contribution in [0, 0.1) is 11.8 Å². The van der Waals surface area contributed by atoms with E-state index in [0.717, 1.165) is 28.5 Å². The zero-order valence-electron chi connectivity index (χ0n) is 18.3. The highest BCUT2D eigenvalue weighted by molar-refractivity contribution is 8.23. The summed E-state index contributed by atoms with van der Waals surface area (Å²) in [6.07, 6.45) is 1.22. The van der Waals surface area contributed by atoms with Crippen LogP contribution in [0.15, 0.2) is 65.1 Å². The van der Waals surface area contributed by atoms with Gasteiger partial charge in [0.05, 0.1) is 5.75 Å². The van der Waals surface area contributed by atoms with Crippen LogP contribution in [0.25, 0.3) is 22.6 Å². The second-order valence-electron chi connectivity index (χ2n) is 8.38. The van der Waals surface area contributed by atoms with Crippen LogP contribution in [0.2, 0.25) is 0 Å². The Bertz CT molecular complexity index is 1000. The minimum atomic E-state index is -0.184. The number of nitrogens with zero attached hydrogens (tertiary/aromatic N) is 2. The lowest BCUT2D eigenvalue weighted by atomic mass is 9.92. The Balaban J connectivity index is 1.44. The molecule has 1 fully saturated rings. The molecule has 0 unspecified atom stereocenters. The molecule has 2 atom stereocenters. The molecular formula is C25H27N3O2S2. The monoisotopic (exact) mass is 465 g/mol. The lowest BCUT2D eigenvalue weighted by Gasteiger charge is -2.36. The second kappa shape index (κ2) is 10.3. The van der Waals surface area contributed by atoms with Gasteiger partial charge in [-0.1, -0.05) is 98.5 Å². The number of nitrogens with one attached hydrogen (secondary N) is 1. The molecule has 1 amide bonds. The zero-order chi connectivity index (χ0) is 22.5. The minimum Gasteiger partial charge on any atom is -0.423 e. The third kappa shape index (κ3) is 5.58. The number of thiocarbonyl (C=S) groups is 1. The van der Waals surface area contributed by atoms with Crippen LogP contribution in [0.3, 0.4) is 0 Å². The van der Waals surface area contributed by atoms with Gasteiger partial charge < -0.3 is 9.32 Å². The molecular weight excluding hydrogens is 438 g/mol. The molecule has 1 aliphatic heterocycles. The molecule has 2 aromatic carbocycles.